The van der Waals surface area contributed by atoms with Gasteiger partial charge in [-0.1, -0.05) is 6.92 Å². The molecule has 0 radical (unpaired) electrons. The van der Waals surface area contributed by atoms with Crippen LogP contribution >= 0.6 is 0 Å². The van der Waals surface area contributed by atoms with Gasteiger partial charge in [0.2, 0.25) is 10.0 Å². The Morgan fingerprint density at radius 3 is 2.61 bits per heavy atom. The molecule has 1 aliphatic heterocycles. The third-order valence-electron chi connectivity index (χ3n) is 5.94. The molecule has 0 bridgehead atoms. The summed E-state index contributed by atoms with van der Waals surface area (Å²) in [6, 6.07) is 4.72. The zero-order chi connectivity index (χ0) is 23.8. The van der Waals surface area contributed by atoms with Crippen LogP contribution in [0.25, 0.3) is 16.9 Å². The molecule has 0 amide bonds. The minimum atomic E-state index is -3.69. The van der Waals surface area contributed by atoms with E-state index in [-0.39, 0.29) is 16.3 Å². The third kappa shape index (κ3) is 4.40. The highest BCUT2D eigenvalue weighted by molar-refractivity contribution is 7.89. The van der Waals surface area contributed by atoms with Crippen LogP contribution in [0, 0.1) is 6.92 Å². The number of rotatable bonds is 7. The molecule has 2 N–H and O–H groups in total. The smallest absolute Gasteiger partial charge is 0.277 e. The maximum absolute atomic E-state index is 13.3. The van der Waals surface area contributed by atoms with Crippen LogP contribution in [0.1, 0.15) is 31.8 Å². The maximum Gasteiger partial charge on any atom is 0.277 e. The number of sulfonamides is 1. The molecule has 0 unspecified atom stereocenters. The van der Waals surface area contributed by atoms with E-state index in [1.807, 2.05) is 13.8 Å². The van der Waals surface area contributed by atoms with Crippen LogP contribution in [-0.2, 0) is 16.4 Å². The van der Waals surface area contributed by atoms with Gasteiger partial charge in [0.25, 0.3) is 5.56 Å². The first kappa shape index (κ1) is 23.4. The first-order valence-electron chi connectivity index (χ1n) is 11.3. The highest BCUT2D eigenvalue weighted by Gasteiger charge is 2.30. The number of hydrogen-bond acceptors (Lipinski definition) is 6. The largest absolute Gasteiger partial charge is 0.493 e. The Morgan fingerprint density at radius 1 is 1.21 bits per heavy atom. The van der Waals surface area contributed by atoms with Gasteiger partial charge in [-0.05, 0) is 38.5 Å². The van der Waals surface area contributed by atoms with Gasteiger partial charge in [-0.15, -0.1) is 5.10 Å². The van der Waals surface area contributed by atoms with Crippen LogP contribution in [0.5, 0.6) is 5.75 Å². The fourth-order valence-electron chi connectivity index (χ4n) is 4.14. The van der Waals surface area contributed by atoms with Gasteiger partial charge >= 0.3 is 0 Å². The van der Waals surface area contributed by atoms with Crippen molar-refractivity contribution in [2.45, 2.75) is 38.5 Å². The van der Waals surface area contributed by atoms with E-state index >= 15 is 0 Å². The number of likely N-dealkylation sites (N-methyl/N-ethyl adjacent to an activating group) is 1. The number of piperazine rings is 1. The predicted octanol–water partition coefficient (Wildman–Crippen LogP) is 0.263. The Labute approximate surface area is 193 Å². The van der Waals surface area contributed by atoms with Crippen molar-refractivity contribution in [3.05, 3.63) is 40.1 Å². The average molecular weight is 476 g/mol. The molecule has 178 valence electrons. The van der Waals surface area contributed by atoms with Gasteiger partial charge in [0, 0.05) is 6.42 Å². The van der Waals surface area contributed by atoms with E-state index in [1.54, 1.807) is 29.6 Å². The Hall–Kier alpha value is -2.76. The van der Waals surface area contributed by atoms with Gasteiger partial charge in [-0.2, -0.15) is 4.31 Å². The second kappa shape index (κ2) is 9.24. The normalized spacial score (nSPS) is 15.9. The van der Waals surface area contributed by atoms with Gasteiger partial charge in [-0.3, -0.25) is 4.79 Å². The summed E-state index contributed by atoms with van der Waals surface area (Å²) in [7, 11) is -1.63. The predicted molar refractivity (Wildman–Crippen MR) is 124 cm³/mol. The summed E-state index contributed by atoms with van der Waals surface area (Å²) >= 11 is 0. The second-order valence-corrected chi connectivity index (χ2v) is 10.3. The number of ether oxygens (including phenoxy) is 1. The molecule has 10 nitrogen and oxygen atoms in total. The fourth-order valence-corrected chi connectivity index (χ4v) is 5.60. The lowest BCUT2D eigenvalue weighted by molar-refractivity contribution is -0.883. The lowest BCUT2D eigenvalue weighted by Crippen LogP contribution is -3.12. The summed E-state index contributed by atoms with van der Waals surface area (Å²) in [5.74, 6) is 1.39. The number of quaternary nitrogens is 1. The van der Waals surface area contributed by atoms with Crippen molar-refractivity contribution in [2.75, 3.05) is 39.8 Å². The number of aromatic nitrogens is 4. The molecule has 1 saturated heterocycles. The molecule has 3 aromatic rings. The minimum Gasteiger partial charge on any atom is -0.493 e. The number of hydrogen-bond donors (Lipinski definition) is 2. The molecular formula is C22H31N6O4S+. The lowest BCUT2D eigenvalue weighted by Gasteiger charge is -2.29. The Kier molecular flexibility index (Phi) is 6.55. The van der Waals surface area contributed by atoms with E-state index in [0.717, 1.165) is 19.5 Å². The number of aromatic amines is 1. The van der Waals surface area contributed by atoms with Crippen LogP contribution < -0.4 is 15.2 Å². The number of aryl methyl sites for hydroxylation is 2. The Morgan fingerprint density at radius 2 is 1.94 bits per heavy atom. The molecule has 33 heavy (non-hydrogen) atoms. The number of nitrogens with zero attached hydrogens (tertiary/aromatic N) is 4. The molecule has 1 aliphatic rings. The molecule has 0 spiro atoms. The lowest BCUT2D eigenvalue weighted by atomic mass is 10.2. The summed E-state index contributed by atoms with van der Waals surface area (Å²) in [5.41, 5.74) is 1.09. The Bertz CT molecular complexity index is 1320. The van der Waals surface area contributed by atoms with Crippen molar-refractivity contribution >= 4 is 15.5 Å². The zero-order valence-electron chi connectivity index (χ0n) is 19.5. The van der Waals surface area contributed by atoms with E-state index in [2.05, 4.69) is 22.1 Å². The van der Waals surface area contributed by atoms with Crippen LogP contribution in [0.15, 0.2) is 27.9 Å². The van der Waals surface area contributed by atoms with Crippen LogP contribution in [0.4, 0.5) is 0 Å². The van der Waals surface area contributed by atoms with Gasteiger partial charge in [0.1, 0.15) is 11.6 Å². The van der Waals surface area contributed by atoms with E-state index in [4.69, 9.17) is 4.74 Å². The van der Waals surface area contributed by atoms with Gasteiger partial charge < -0.3 is 14.6 Å². The van der Waals surface area contributed by atoms with Crippen molar-refractivity contribution in [3.8, 4) is 17.1 Å². The standard InChI is InChI=1S/C22H30N6O4S/c1-5-7-19-23-15(3)20-22(29)24-21(25-28(19)20)17-14-16(8-9-18(17)32-6-2)33(30,31)27-12-10-26(4)11-13-27/h8-9,14H,5-7,10-13H2,1-4H3,(H,24,25,29)/p+1. The van der Waals surface area contributed by atoms with Crippen LogP contribution in [-0.4, -0.2) is 72.1 Å². The van der Waals surface area contributed by atoms with Crippen molar-refractivity contribution in [1.29, 1.82) is 0 Å². The third-order valence-corrected chi connectivity index (χ3v) is 7.83. The van der Waals surface area contributed by atoms with Crippen LogP contribution in [0.2, 0.25) is 0 Å². The molecular weight excluding hydrogens is 444 g/mol. The summed E-state index contributed by atoms with van der Waals surface area (Å²) in [6.07, 6.45) is 1.52. The van der Waals surface area contributed by atoms with Gasteiger partial charge in [-0.25, -0.2) is 17.9 Å². The molecule has 1 aromatic carbocycles. The highest BCUT2D eigenvalue weighted by atomic mass is 32.2. The zero-order valence-corrected chi connectivity index (χ0v) is 20.3. The van der Waals surface area contributed by atoms with E-state index in [9.17, 15) is 13.2 Å². The number of fused-ring (bicyclic) bond motifs is 1. The topological polar surface area (TPSA) is 114 Å². The Balaban J connectivity index is 1.85. The fraction of sp³-hybridized carbons (Fsp3) is 0.500. The van der Waals surface area contributed by atoms with Gasteiger partial charge in [0.15, 0.2) is 11.3 Å². The summed E-state index contributed by atoms with van der Waals surface area (Å²) < 4.78 is 35.5. The first-order valence-corrected chi connectivity index (χ1v) is 12.8. The molecule has 0 saturated carbocycles. The molecule has 4 rings (SSSR count). The van der Waals surface area contributed by atoms with Gasteiger partial charge in [0.05, 0.1) is 56.0 Å². The number of imidazole rings is 1. The molecule has 1 fully saturated rings. The number of H-pyrrole nitrogens is 1. The average Bonchev–Trinajstić information content (AvgIpc) is 3.10. The molecule has 0 atom stereocenters. The molecule has 0 aliphatic carbocycles. The van der Waals surface area contributed by atoms with Crippen molar-refractivity contribution in [2.24, 2.45) is 0 Å². The molecule has 3 heterocycles. The van der Waals surface area contributed by atoms with E-state index in [1.165, 1.54) is 9.21 Å². The summed E-state index contributed by atoms with van der Waals surface area (Å²) in [6.45, 7) is 8.49. The number of benzene rings is 1. The maximum atomic E-state index is 13.3. The quantitative estimate of drug-likeness (QED) is 0.507. The van der Waals surface area contributed by atoms with E-state index < -0.39 is 10.0 Å². The summed E-state index contributed by atoms with van der Waals surface area (Å²) in [4.78, 5) is 21.7. The monoisotopic (exact) mass is 475 g/mol. The molecule has 2 aromatic heterocycles. The van der Waals surface area contributed by atoms with Crippen molar-refractivity contribution in [1.82, 2.24) is 23.9 Å². The first-order chi connectivity index (χ1) is 15.8. The van der Waals surface area contributed by atoms with Crippen LogP contribution in [0.3, 0.4) is 0 Å². The number of nitrogens with one attached hydrogen (secondary N) is 2. The van der Waals surface area contributed by atoms with E-state index in [0.29, 0.717) is 54.5 Å². The van der Waals surface area contributed by atoms with Crippen molar-refractivity contribution in [3.63, 3.8) is 0 Å². The highest BCUT2D eigenvalue weighted by Crippen LogP contribution is 2.31. The minimum absolute atomic E-state index is 0.152. The van der Waals surface area contributed by atoms with Crippen molar-refractivity contribution < 1.29 is 18.1 Å². The molecule has 11 heteroatoms. The summed E-state index contributed by atoms with van der Waals surface area (Å²) in [5, 5.41) is 4.64. The second-order valence-electron chi connectivity index (χ2n) is 8.38. The SMILES string of the molecule is CCCc1nc(C)c2c(=O)[nH]c(-c3cc(S(=O)(=O)N4CC[NH+](C)CC4)ccc3OCC)nn12.